The Labute approximate surface area is 142 Å². The fraction of sp³-hybridized carbons (Fsp3) is 0.231. The number of hydrogen-bond donors (Lipinski definition) is 4. The molecule has 0 aliphatic heterocycles. The maximum absolute atomic E-state index is 12.4. The second-order valence-electron chi connectivity index (χ2n) is 5.77. The summed E-state index contributed by atoms with van der Waals surface area (Å²) in [5.74, 6) is -1.07. The maximum atomic E-state index is 12.4. The lowest BCUT2D eigenvalue weighted by atomic mass is 10.1. The van der Waals surface area contributed by atoms with E-state index in [-0.39, 0.29) is 35.5 Å². The summed E-state index contributed by atoms with van der Waals surface area (Å²) in [7, 11) is 0. The molecule has 26 heavy (non-hydrogen) atoms. The number of hydrogen-bond acceptors (Lipinski definition) is 8. The van der Waals surface area contributed by atoms with Gasteiger partial charge in [-0.3, -0.25) is 29.8 Å². The van der Waals surface area contributed by atoms with Crippen molar-refractivity contribution >= 4 is 28.6 Å². The molecule has 2 aromatic heterocycles. The van der Waals surface area contributed by atoms with Crippen molar-refractivity contribution in [2.75, 3.05) is 5.32 Å². The van der Waals surface area contributed by atoms with Crippen LogP contribution in [0.15, 0.2) is 15.7 Å². The average Bonchev–Trinajstić information content (AvgIpc) is 3.24. The van der Waals surface area contributed by atoms with Gasteiger partial charge in [-0.1, -0.05) is 5.10 Å². The Morgan fingerprint density at radius 3 is 2.65 bits per heavy atom. The number of carbonyl (C=O) groups is 1. The first-order chi connectivity index (χ1) is 12.4. The third-order valence-corrected chi connectivity index (χ3v) is 4.27. The molecule has 0 fully saturated rings. The molecular formula is C13H10N8O5. The highest BCUT2D eigenvalue weighted by Crippen LogP contribution is 2.37. The molecule has 1 aliphatic rings. The van der Waals surface area contributed by atoms with E-state index in [1.54, 1.807) is 0 Å². The summed E-state index contributed by atoms with van der Waals surface area (Å²) in [5.41, 5.74) is -0.770. The van der Waals surface area contributed by atoms with Gasteiger partial charge in [-0.15, -0.1) is 5.10 Å². The van der Waals surface area contributed by atoms with E-state index in [0.717, 1.165) is 0 Å². The highest BCUT2D eigenvalue weighted by atomic mass is 16.6. The van der Waals surface area contributed by atoms with Crippen LogP contribution in [0, 0.1) is 16.0 Å². The molecule has 0 radical (unpaired) electrons. The van der Waals surface area contributed by atoms with Crippen LogP contribution in [-0.2, 0) is 17.6 Å². The van der Waals surface area contributed by atoms with E-state index >= 15 is 0 Å². The van der Waals surface area contributed by atoms with E-state index in [1.165, 1.54) is 6.07 Å². The van der Waals surface area contributed by atoms with Crippen molar-refractivity contribution < 1.29 is 9.72 Å². The predicted molar refractivity (Wildman–Crippen MR) is 85.5 cm³/mol. The Balaban J connectivity index is 1.79. The molecule has 3 aromatic rings. The fourth-order valence-electron chi connectivity index (χ4n) is 3.15. The second-order valence-corrected chi connectivity index (χ2v) is 5.77. The lowest BCUT2D eigenvalue weighted by Crippen LogP contribution is -2.29. The van der Waals surface area contributed by atoms with Crippen LogP contribution in [0.1, 0.15) is 11.1 Å². The van der Waals surface area contributed by atoms with Gasteiger partial charge in [0.05, 0.1) is 16.0 Å². The van der Waals surface area contributed by atoms with Crippen molar-refractivity contribution in [3.8, 4) is 0 Å². The van der Waals surface area contributed by atoms with Crippen LogP contribution in [0.2, 0.25) is 0 Å². The molecular weight excluding hydrogens is 348 g/mol. The van der Waals surface area contributed by atoms with Crippen LogP contribution in [0.3, 0.4) is 0 Å². The Kier molecular flexibility index (Phi) is 3.35. The zero-order valence-electron chi connectivity index (χ0n) is 12.9. The molecule has 0 bridgehead atoms. The van der Waals surface area contributed by atoms with Crippen molar-refractivity contribution in [3.05, 3.63) is 48.0 Å². The number of nitro groups is 1. The van der Waals surface area contributed by atoms with Gasteiger partial charge in [0, 0.05) is 17.5 Å². The average molecular weight is 358 g/mol. The number of tetrazole rings is 1. The minimum atomic E-state index is -0.906. The number of benzene rings is 1. The summed E-state index contributed by atoms with van der Waals surface area (Å²) in [6.45, 7) is 0. The van der Waals surface area contributed by atoms with Gasteiger partial charge in [-0.25, -0.2) is 0 Å². The van der Waals surface area contributed by atoms with Gasteiger partial charge in [0.2, 0.25) is 5.91 Å². The van der Waals surface area contributed by atoms with Crippen LogP contribution >= 0.6 is 0 Å². The molecule has 13 nitrogen and oxygen atoms in total. The van der Waals surface area contributed by atoms with Crippen molar-refractivity contribution in [3.63, 3.8) is 0 Å². The van der Waals surface area contributed by atoms with Gasteiger partial charge in [0.15, 0.2) is 0 Å². The number of carbonyl (C=O) groups excluding carboxylic acids is 1. The third kappa shape index (κ3) is 2.42. The van der Waals surface area contributed by atoms with E-state index in [0.29, 0.717) is 11.1 Å². The highest BCUT2D eigenvalue weighted by molar-refractivity contribution is 5.93. The molecule has 4 rings (SSSR count). The molecule has 4 N–H and O–H groups in total. The van der Waals surface area contributed by atoms with Gasteiger partial charge in [0.25, 0.3) is 11.6 Å². The molecule has 132 valence electrons. The summed E-state index contributed by atoms with van der Waals surface area (Å²) in [6, 6.07) is 1.19. The minimum absolute atomic E-state index is 0.0111. The van der Waals surface area contributed by atoms with E-state index in [4.69, 9.17) is 0 Å². The largest absolute Gasteiger partial charge is 0.316 e. The summed E-state index contributed by atoms with van der Waals surface area (Å²) in [6.07, 6.45) is 0.256. The quantitative estimate of drug-likeness (QED) is 0.260. The van der Waals surface area contributed by atoms with Crippen LogP contribution in [0.25, 0.3) is 11.0 Å². The van der Waals surface area contributed by atoms with Gasteiger partial charge < -0.3 is 9.97 Å². The van der Waals surface area contributed by atoms with Crippen LogP contribution in [0.5, 0.6) is 0 Å². The van der Waals surface area contributed by atoms with Crippen molar-refractivity contribution in [2.45, 2.75) is 12.8 Å². The number of fused-ring (bicyclic) bond motifs is 3. The first kappa shape index (κ1) is 15.6. The Bertz CT molecular complexity index is 1160. The number of anilines is 1. The first-order valence-electron chi connectivity index (χ1n) is 7.44. The number of aromatic amines is 3. The monoisotopic (exact) mass is 358 g/mol. The number of nitrogens with zero attached hydrogens (tertiary/aromatic N) is 4. The number of amides is 1. The lowest BCUT2D eigenvalue weighted by Gasteiger charge is -2.06. The zero-order chi connectivity index (χ0) is 18.4. The number of nitro benzene ring substituents is 1. The number of H-pyrrole nitrogens is 3. The minimum Gasteiger partial charge on any atom is -0.316 e. The van der Waals surface area contributed by atoms with E-state index in [2.05, 4.69) is 35.9 Å². The van der Waals surface area contributed by atoms with E-state index in [9.17, 15) is 24.5 Å². The molecule has 2 heterocycles. The number of nitrogens with one attached hydrogen (secondary N) is 4. The third-order valence-electron chi connectivity index (χ3n) is 4.27. The second kappa shape index (κ2) is 5.58. The molecule has 1 atom stereocenters. The molecule has 0 spiro atoms. The van der Waals surface area contributed by atoms with Crippen molar-refractivity contribution in [2.24, 2.45) is 5.92 Å². The van der Waals surface area contributed by atoms with E-state index in [1.807, 2.05) is 0 Å². The topological polar surface area (TPSA) is 192 Å². The molecule has 1 aromatic carbocycles. The first-order valence-corrected chi connectivity index (χ1v) is 7.44. The summed E-state index contributed by atoms with van der Waals surface area (Å²) < 4.78 is 0. The number of rotatable bonds is 3. The van der Waals surface area contributed by atoms with Gasteiger partial charge in [-0.05, 0) is 23.6 Å². The van der Waals surface area contributed by atoms with Crippen LogP contribution in [0.4, 0.5) is 11.6 Å². The molecule has 1 unspecified atom stereocenters. The standard InChI is InChI=1S/C13H10N8O5/c22-10(16-13-17-19-20-18-13)4-1-5-6(2-4)9-7(3-8(5)21(25)26)14-11(23)12(24)15-9/h3-4H,1-2H2,(H,14,23)(H,15,24)(H2,16,17,18,19,20,22). The molecule has 13 heteroatoms. The molecule has 0 saturated heterocycles. The number of aromatic nitrogens is 6. The van der Waals surface area contributed by atoms with Crippen LogP contribution < -0.4 is 16.4 Å². The summed E-state index contributed by atoms with van der Waals surface area (Å²) >= 11 is 0. The Morgan fingerprint density at radius 2 is 1.96 bits per heavy atom. The zero-order valence-corrected chi connectivity index (χ0v) is 12.9. The van der Waals surface area contributed by atoms with Crippen molar-refractivity contribution in [1.82, 2.24) is 30.6 Å². The predicted octanol–water partition coefficient (Wildman–Crippen LogP) is -1.01. The smallest absolute Gasteiger partial charge is 0.314 e. The maximum Gasteiger partial charge on any atom is 0.314 e. The molecule has 1 amide bonds. The Morgan fingerprint density at radius 1 is 1.23 bits per heavy atom. The normalized spacial score (nSPS) is 15.8. The van der Waals surface area contributed by atoms with Crippen molar-refractivity contribution in [1.29, 1.82) is 0 Å². The lowest BCUT2D eigenvalue weighted by molar-refractivity contribution is -0.385. The molecule has 0 saturated carbocycles. The van der Waals surface area contributed by atoms with Gasteiger partial charge in [0.1, 0.15) is 0 Å². The molecule has 1 aliphatic carbocycles. The Hall–Kier alpha value is -3.90. The van der Waals surface area contributed by atoms with E-state index < -0.39 is 27.9 Å². The highest BCUT2D eigenvalue weighted by Gasteiger charge is 2.35. The summed E-state index contributed by atoms with van der Waals surface area (Å²) in [4.78, 5) is 51.1. The summed E-state index contributed by atoms with van der Waals surface area (Å²) in [5, 5.41) is 26.6. The van der Waals surface area contributed by atoms with Gasteiger partial charge >= 0.3 is 11.1 Å². The van der Waals surface area contributed by atoms with Crippen LogP contribution in [-0.4, -0.2) is 41.4 Å². The van der Waals surface area contributed by atoms with Gasteiger partial charge in [-0.2, -0.15) is 5.21 Å². The SMILES string of the molecule is O=C(Nc1nn[nH]n1)C1Cc2c([N+](=O)[O-])cc3[nH]c(=O)c(=O)[nH]c3c2C1. The fourth-order valence-corrected chi connectivity index (χ4v) is 3.15.